The molecule has 0 radical (unpaired) electrons. The Kier molecular flexibility index (Phi) is 6.63. The molecule has 1 unspecified atom stereocenters. The molecule has 3 aromatic rings. The van der Waals surface area contributed by atoms with Gasteiger partial charge in [0.2, 0.25) is 5.91 Å². The maximum Gasteiger partial charge on any atom is 0.227 e. The van der Waals surface area contributed by atoms with Gasteiger partial charge in [-0.1, -0.05) is 60.7 Å². The van der Waals surface area contributed by atoms with Crippen molar-refractivity contribution in [2.75, 3.05) is 44.2 Å². The first-order chi connectivity index (χ1) is 16.3. The highest BCUT2D eigenvalue weighted by Crippen LogP contribution is 2.25. The number of anilines is 1. The smallest absolute Gasteiger partial charge is 0.227 e. The highest BCUT2D eigenvalue weighted by atomic mass is 16.2. The molecule has 2 aliphatic heterocycles. The summed E-state index contributed by atoms with van der Waals surface area (Å²) in [5.74, 6) is 1.20. The minimum absolute atomic E-state index is 0.0371. The largest absolute Gasteiger partial charge is 0.354 e. The normalized spacial score (nSPS) is 19.5. The molecule has 2 aromatic carbocycles. The maximum absolute atomic E-state index is 13.3. The van der Waals surface area contributed by atoms with E-state index in [1.807, 2.05) is 42.5 Å². The van der Waals surface area contributed by atoms with Gasteiger partial charge in [-0.3, -0.25) is 9.69 Å². The number of nitrogens with zero attached hydrogens (tertiary/aromatic N) is 5. The molecule has 3 heterocycles. The molecule has 2 saturated heterocycles. The zero-order valence-electron chi connectivity index (χ0n) is 19.0. The number of benzene rings is 2. The highest BCUT2D eigenvalue weighted by Gasteiger charge is 2.31. The molecule has 2 aliphatic rings. The lowest BCUT2D eigenvalue weighted by Gasteiger charge is -2.39. The molecule has 5 rings (SSSR count). The van der Waals surface area contributed by atoms with Crippen LogP contribution >= 0.6 is 0 Å². The summed E-state index contributed by atoms with van der Waals surface area (Å²) in [6, 6.07) is 24.7. The lowest BCUT2D eigenvalue weighted by Crippen LogP contribution is -2.52. The van der Waals surface area contributed by atoms with Crippen LogP contribution in [-0.2, 0) is 11.3 Å². The van der Waals surface area contributed by atoms with Crippen molar-refractivity contribution in [3.63, 3.8) is 0 Å². The predicted molar refractivity (Wildman–Crippen MR) is 131 cm³/mol. The number of carbonyl (C=O) groups is 1. The van der Waals surface area contributed by atoms with Crippen molar-refractivity contribution < 1.29 is 4.79 Å². The van der Waals surface area contributed by atoms with Crippen LogP contribution in [0.3, 0.4) is 0 Å². The van der Waals surface area contributed by atoms with E-state index in [-0.39, 0.29) is 5.92 Å². The number of piperazine rings is 1. The van der Waals surface area contributed by atoms with E-state index in [0.29, 0.717) is 5.91 Å². The molecule has 33 heavy (non-hydrogen) atoms. The molecule has 0 bridgehead atoms. The Morgan fingerprint density at radius 1 is 0.818 bits per heavy atom. The Morgan fingerprint density at radius 2 is 1.55 bits per heavy atom. The third-order valence-electron chi connectivity index (χ3n) is 6.75. The zero-order valence-corrected chi connectivity index (χ0v) is 19.0. The zero-order chi connectivity index (χ0) is 22.5. The average molecular weight is 442 g/mol. The van der Waals surface area contributed by atoms with Gasteiger partial charge >= 0.3 is 0 Å². The number of aromatic nitrogens is 2. The standard InChI is InChI=1S/C27H31N5O/c33-27(31-18-16-30(17-19-31)20-22-8-3-1-4-9-22)24-12-7-15-32(21-24)26-14-13-25(28-29-26)23-10-5-2-6-11-23/h1-6,8-11,13-14,24H,7,12,15-21H2. The van der Waals surface area contributed by atoms with Crippen molar-refractivity contribution in [2.45, 2.75) is 19.4 Å². The van der Waals surface area contributed by atoms with E-state index in [1.165, 1.54) is 5.56 Å². The second-order valence-electron chi connectivity index (χ2n) is 9.01. The van der Waals surface area contributed by atoms with Crippen molar-refractivity contribution >= 4 is 11.7 Å². The van der Waals surface area contributed by atoms with E-state index in [1.54, 1.807) is 0 Å². The topological polar surface area (TPSA) is 52.6 Å². The fraction of sp³-hybridized carbons (Fsp3) is 0.370. The highest BCUT2D eigenvalue weighted by molar-refractivity contribution is 5.80. The van der Waals surface area contributed by atoms with Crippen LogP contribution < -0.4 is 4.90 Å². The van der Waals surface area contributed by atoms with Crippen LogP contribution in [0.25, 0.3) is 11.3 Å². The van der Waals surface area contributed by atoms with Crippen LogP contribution in [0.5, 0.6) is 0 Å². The van der Waals surface area contributed by atoms with Crippen molar-refractivity contribution in [1.82, 2.24) is 20.0 Å². The number of hydrogen-bond donors (Lipinski definition) is 0. The molecule has 0 aliphatic carbocycles. The number of rotatable bonds is 5. The Hall–Kier alpha value is -3.25. The molecule has 1 amide bonds. The Balaban J connectivity index is 1.16. The van der Waals surface area contributed by atoms with Crippen molar-refractivity contribution in [3.05, 3.63) is 78.4 Å². The van der Waals surface area contributed by atoms with Gasteiger partial charge in [0.15, 0.2) is 5.82 Å². The van der Waals surface area contributed by atoms with E-state index in [2.05, 4.69) is 55.2 Å². The quantitative estimate of drug-likeness (QED) is 0.604. The molecule has 6 heteroatoms. The maximum atomic E-state index is 13.3. The van der Waals surface area contributed by atoms with Gasteiger partial charge in [0.25, 0.3) is 0 Å². The Labute approximate surface area is 195 Å². The fourth-order valence-electron chi connectivity index (χ4n) is 4.87. The number of carbonyl (C=O) groups excluding carboxylic acids is 1. The lowest BCUT2D eigenvalue weighted by molar-refractivity contribution is -0.137. The van der Waals surface area contributed by atoms with Crippen LogP contribution in [0.4, 0.5) is 5.82 Å². The molecule has 1 atom stereocenters. The van der Waals surface area contributed by atoms with Crippen molar-refractivity contribution in [3.8, 4) is 11.3 Å². The lowest BCUT2D eigenvalue weighted by atomic mass is 9.96. The predicted octanol–water partition coefficient (Wildman–Crippen LogP) is 3.70. The summed E-state index contributed by atoms with van der Waals surface area (Å²) in [4.78, 5) is 20.0. The third kappa shape index (κ3) is 5.22. The molecule has 0 N–H and O–H groups in total. The summed E-state index contributed by atoms with van der Waals surface area (Å²) in [7, 11) is 0. The van der Waals surface area contributed by atoms with Gasteiger partial charge in [-0.25, -0.2) is 0 Å². The SMILES string of the molecule is O=C(C1CCCN(c2ccc(-c3ccccc3)nn2)C1)N1CCN(Cc2ccccc2)CC1. The average Bonchev–Trinajstić information content (AvgIpc) is 2.90. The van der Waals surface area contributed by atoms with Gasteiger partial charge in [0.05, 0.1) is 11.6 Å². The van der Waals surface area contributed by atoms with Crippen molar-refractivity contribution in [2.24, 2.45) is 5.92 Å². The fourth-order valence-corrected chi connectivity index (χ4v) is 4.87. The second kappa shape index (κ2) is 10.1. The van der Waals surface area contributed by atoms with E-state index in [9.17, 15) is 4.79 Å². The molecule has 170 valence electrons. The van der Waals surface area contributed by atoms with Crippen molar-refractivity contribution in [1.29, 1.82) is 0 Å². The summed E-state index contributed by atoms with van der Waals surface area (Å²) >= 11 is 0. The minimum atomic E-state index is 0.0371. The summed E-state index contributed by atoms with van der Waals surface area (Å²) < 4.78 is 0. The first-order valence-corrected chi connectivity index (χ1v) is 12.0. The van der Waals surface area contributed by atoms with Gasteiger partial charge in [-0.15, -0.1) is 10.2 Å². The second-order valence-corrected chi connectivity index (χ2v) is 9.01. The van der Waals surface area contributed by atoms with Crippen LogP contribution in [0.2, 0.25) is 0 Å². The van der Waals surface area contributed by atoms with Gasteiger partial charge in [0, 0.05) is 51.4 Å². The van der Waals surface area contributed by atoms with Gasteiger partial charge in [-0.2, -0.15) is 0 Å². The van der Waals surface area contributed by atoms with Gasteiger partial charge in [-0.05, 0) is 30.5 Å². The molecule has 1 aromatic heterocycles. The van der Waals surface area contributed by atoms with Crippen LogP contribution in [-0.4, -0.2) is 65.2 Å². The van der Waals surface area contributed by atoms with Gasteiger partial charge < -0.3 is 9.80 Å². The minimum Gasteiger partial charge on any atom is -0.354 e. The Morgan fingerprint density at radius 3 is 2.24 bits per heavy atom. The molecular formula is C27H31N5O. The first-order valence-electron chi connectivity index (χ1n) is 12.0. The molecule has 6 nitrogen and oxygen atoms in total. The van der Waals surface area contributed by atoms with Crippen LogP contribution in [0.1, 0.15) is 18.4 Å². The molecular weight excluding hydrogens is 410 g/mol. The summed E-state index contributed by atoms with van der Waals surface area (Å²) in [6.45, 7) is 6.10. The molecule has 2 fully saturated rings. The molecule has 0 saturated carbocycles. The Bertz CT molecular complexity index is 1030. The van der Waals surface area contributed by atoms with Gasteiger partial charge in [0.1, 0.15) is 0 Å². The number of amides is 1. The van der Waals surface area contributed by atoms with Crippen LogP contribution in [0, 0.1) is 5.92 Å². The third-order valence-corrected chi connectivity index (χ3v) is 6.75. The summed E-state index contributed by atoms with van der Waals surface area (Å²) in [6.07, 6.45) is 1.96. The summed E-state index contributed by atoms with van der Waals surface area (Å²) in [5, 5.41) is 8.91. The molecule has 0 spiro atoms. The number of piperidine rings is 1. The van der Waals surface area contributed by atoms with E-state index in [0.717, 1.165) is 75.7 Å². The number of hydrogen-bond acceptors (Lipinski definition) is 5. The van der Waals surface area contributed by atoms with E-state index < -0.39 is 0 Å². The monoisotopic (exact) mass is 441 g/mol. The first kappa shape index (κ1) is 21.6. The van der Waals surface area contributed by atoms with Crippen LogP contribution in [0.15, 0.2) is 72.8 Å². The van der Waals surface area contributed by atoms with E-state index in [4.69, 9.17) is 0 Å². The van der Waals surface area contributed by atoms with E-state index >= 15 is 0 Å². The summed E-state index contributed by atoms with van der Waals surface area (Å²) in [5.41, 5.74) is 3.27.